The first-order valence-electron chi connectivity index (χ1n) is 8.85. The standard InChI is InChI=1S/C21H14F2N4O3/c22-14-9-10-16(15(23)11-14)24-18(28)12-27-17(7-4-8-19(27)29)21-25-20(26-30-21)13-5-2-1-3-6-13/h1-11H,12H2,(H,24,28). The van der Waals surface area contributed by atoms with Gasteiger partial charge in [0.05, 0.1) is 5.69 Å². The predicted molar refractivity (Wildman–Crippen MR) is 104 cm³/mol. The smallest absolute Gasteiger partial charge is 0.274 e. The summed E-state index contributed by atoms with van der Waals surface area (Å²) in [5.74, 6) is -2.00. The zero-order valence-corrected chi connectivity index (χ0v) is 15.4. The van der Waals surface area contributed by atoms with E-state index in [2.05, 4.69) is 15.5 Å². The molecule has 30 heavy (non-hydrogen) atoms. The first-order valence-corrected chi connectivity index (χ1v) is 8.85. The monoisotopic (exact) mass is 408 g/mol. The predicted octanol–water partition coefficient (Wildman–Crippen LogP) is 3.48. The van der Waals surface area contributed by atoms with Crippen molar-refractivity contribution in [3.05, 3.63) is 88.7 Å². The van der Waals surface area contributed by atoms with Gasteiger partial charge in [0.1, 0.15) is 23.9 Å². The molecule has 0 saturated carbocycles. The summed E-state index contributed by atoms with van der Waals surface area (Å²) in [5.41, 5.74) is 0.270. The molecule has 9 heteroatoms. The molecule has 0 fully saturated rings. The molecule has 0 bridgehead atoms. The van der Waals surface area contributed by atoms with Gasteiger partial charge in [-0.2, -0.15) is 4.98 Å². The van der Waals surface area contributed by atoms with Gasteiger partial charge >= 0.3 is 0 Å². The Labute approximate surface area is 168 Å². The maximum atomic E-state index is 13.8. The molecule has 0 saturated heterocycles. The van der Waals surface area contributed by atoms with Crippen LogP contribution in [0.15, 0.2) is 76.0 Å². The number of nitrogens with zero attached hydrogens (tertiary/aromatic N) is 3. The molecule has 2 aromatic heterocycles. The van der Waals surface area contributed by atoms with E-state index < -0.39 is 29.6 Å². The normalized spacial score (nSPS) is 10.7. The number of benzene rings is 2. The highest BCUT2D eigenvalue weighted by atomic mass is 19.1. The topological polar surface area (TPSA) is 90.0 Å². The molecule has 2 aromatic carbocycles. The number of anilines is 1. The Morgan fingerprint density at radius 2 is 1.83 bits per heavy atom. The third-order valence-electron chi connectivity index (χ3n) is 4.23. The van der Waals surface area contributed by atoms with E-state index in [0.717, 1.165) is 22.3 Å². The molecular formula is C21H14F2N4O3. The molecule has 4 aromatic rings. The Hall–Kier alpha value is -4.14. The van der Waals surface area contributed by atoms with Crippen LogP contribution >= 0.6 is 0 Å². The third kappa shape index (κ3) is 4.00. The molecule has 2 heterocycles. The van der Waals surface area contributed by atoms with Gasteiger partial charge in [0, 0.05) is 17.7 Å². The first kappa shape index (κ1) is 19.2. The highest BCUT2D eigenvalue weighted by Crippen LogP contribution is 2.21. The van der Waals surface area contributed by atoms with Crippen molar-refractivity contribution in [1.29, 1.82) is 0 Å². The molecule has 0 atom stereocenters. The summed E-state index contributed by atoms with van der Waals surface area (Å²) in [6.45, 7) is -0.436. The highest BCUT2D eigenvalue weighted by Gasteiger charge is 2.17. The fourth-order valence-electron chi connectivity index (χ4n) is 2.83. The van der Waals surface area contributed by atoms with Crippen LogP contribution in [-0.2, 0) is 11.3 Å². The Morgan fingerprint density at radius 3 is 2.60 bits per heavy atom. The number of carbonyl (C=O) groups excluding carboxylic acids is 1. The number of hydrogen-bond donors (Lipinski definition) is 1. The van der Waals surface area contributed by atoms with E-state index >= 15 is 0 Å². The molecule has 4 rings (SSSR count). The van der Waals surface area contributed by atoms with Crippen molar-refractivity contribution in [2.24, 2.45) is 0 Å². The summed E-state index contributed by atoms with van der Waals surface area (Å²) in [5, 5.41) is 6.23. The van der Waals surface area contributed by atoms with E-state index in [0.29, 0.717) is 11.9 Å². The summed E-state index contributed by atoms with van der Waals surface area (Å²) in [7, 11) is 0. The largest absolute Gasteiger partial charge is 0.332 e. The highest BCUT2D eigenvalue weighted by molar-refractivity contribution is 5.90. The molecule has 0 aliphatic heterocycles. The van der Waals surface area contributed by atoms with Gasteiger partial charge in [-0.15, -0.1) is 0 Å². The second-order valence-corrected chi connectivity index (χ2v) is 6.30. The van der Waals surface area contributed by atoms with Crippen LogP contribution in [0.3, 0.4) is 0 Å². The van der Waals surface area contributed by atoms with Crippen LogP contribution in [0.5, 0.6) is 0 Å². The van der Waals surface area contributed by atoms with Gasteiger partial charge in [-0.3, -0.25) is 14.2 Å². The molecule has 0 unspecified atom stereocenters. The summed E-state index contributed by atoms with van der Waals surface area (Å²) < 4.78 is 33.2. The first-order chi connectivity index (χ1) is 14.5. The Morgan fingerprint density at radius 1 is 1.03 bits per heavy atom. The van der Waals surface area contributed by atoms with Gasteiger partial charge in [0.25, 0.3) is 11.4 Å². The lowest BCUT2D eigenvalue weighted by molar-refractivity contribution is -0.116. The summed E-state index contributed by atoms with van der Waals surface area (Å²) in [4.78, 5) is 29.0. The molecule has 150 valence electrons. The van der Waals surface area contributed by atoms with Crippen molar-refractivity contribution in [1.82, 2.24) is 14.7 Å². The quantitative estimate of drug-likeness (QED) is 0.546. The lowest BCUT2D eigenvalue weighted by atomic mass is 10.2. The summed E-state index contributed by atoms with van der Waals surface area (Å²) in [6.07, 6.45) is 0. The average Bonchev–Trinajstić information content (AvgIpc) is 3.22. The molecule has 7 nitrogen and oxygen atoms in total. The molecule has 0 aliphatic rings. The van der Waals surface area contributed by atoms with Crippen molar-refractivity contribution < 1.29 is 18.1 Å². The number of amides is 1. The fourth-order valence-corrected chi connectivity index (χ4v) is 2.83. The van der Waals surface area contributed by atoms with Crippen LogP contribution in [0.2, 0.25) is 0 Å². The number of rotatable bonds is 5. The maximum Gasteiger partial charge on any atom is 0.274 e. The maximum absolute atomic E-state index is 13.8. The molecule has 1 amide bonds. The average molecular weight is 408 g/mol. The van der Waals surface area contributed by atoms with Crippen LogP contribution in [0.1, 0.15) is 0 Å². The number of pyridine rings is 1. The number of carbonyl (C=O) groups is 1. The summed E-state index contributed by atoms with van der Waals surface area (Å²) >= 11 is 0. The Kier molecular flexibility index (Phi) is 5.17. The molecular weight excluding hydrogens is 394 g/mol. The second-order valence-electron chi connectivity index (χ2n) is 6.30. The van der Waals surface area contributed by atoms with E-state index in [1.807, 2.05) is 18.2 Å². The van der Waals surface area contributed by atoms with E-state index in [-0.39, 0.29) is 17.3 Å². The minimum absolute atomic E-state index is 0.0484. The van der Waals surface area contributed by atoms with Gasteiger partial charge < -0.3 is 9.84 Å². The third-order valence-corrected chi connectivity index (χ3v) is 4.23. The van der Waals surface area contributed by atoms with Crippen molar-refractivity contribution in [3.8, 4) is 23.0 Å². The minimum Gasteiger partial charge on any atom is -0.332 e. The lowest BCUT2D eigenvalue weighted by Gasteiger charge is -2.11. The van der Waals surface area contributed by atoms with Crippen LogP contribution in [0.25, 0.3) is 23.0 Å². The van der Waals surface area contributed by atoms with Crippen LogP contribution in [0, 0.1) is 11.6 Å². The molecule has 0 radical (unpaired) electrons. The van der Waals surface area contributed by atoms with Gasteiger partial charge in [-0.05, 0) is 18.2 Å². The van der Waals surface area contributed by atoms with Gasteiger partial charge in [0.15, 0.2) is 0 Å². The van der Waals surface area contributed by atoms with Crippen LogP contribution < -0.4 is 10.9 Å². The fraction of sp³-hybridized carbons (Fsp3) is 0.0476. The Balaban J connectivity index is 1.62. The second kappa shape index (κ2) is 8.08. The van der Waals surface area contributed by atoms with Gasteiger partial charge in [-0.1, -0.05) is 41.6 Å². The molecule has 0 aliphatic carbocycles. The molecule has 0 spiro atoms. The van der Waals surface area contributed by atoms with Crippen molar-refractivity contribution in [3.63, 3.8) is 0 Å². The van der Waals surface area contributed by atoms with Crippen LogP contribution in [0.4, 0.5) is 14.5 Å². The Bertz CT molecular complexity index is 1270. The molecule has 1 N–H and O–H groups in total. The van der Waals surface area contributed by atoms with Crippen molar-refractivity contribution in [2.45, 2.75) is 6.54 Å². The van der Waals surface area contributed by atoms with Gasteiger partial charge in [0.2, 0.25) is 11.7 Å². The van der Waals surface area contributed by atoms with E-state index in [9.17, 15) is 18.4 Å². The SMILES string of the molecule is O=C(Cn1c(-c2nc(-c3ccccc3)no2)cccc1=O)Nc1ccc(F)cc1F. The van der Waals surface area contributed by atoms with Crippen LogP contribution in [-0.4, -0.2) is 20.6 Å². The minimum atomic E-state index is -0.923. The van der Waals surface area contributed by atoms with E-state index in [1.165, 1.54) is 12.1 Å². The number of nitrogens with one attached hydrogen (secondary N) is 1. The van der Waals surface area contributed by atoms with E-state index in [1.54, 1.807) is 18.2 Å². The zero-order chi connectivity index (χ0) is 21.1. The number of hydrogen-bond acceptors (Lipinski definition) is 5. The number of halogens is 2. The summed E-state index contributed by atoms with van der Waals surface area (Å²) in [6, 6.07) is 16.2. The van der Waals surface area contributed by atoms with Crippen molar-refractivity contribution in [2.75, 3.05) is 5.32 Å². The lowest BCUT2D eigenvalue weighted by Crippen LogP contribution is -2.28. The zero-order valence-electron chi connectivity index (χ0n) is 15.4. The number of aromatic nitrogens is 3. The van der Waals surface area contributed by atoms with Crippen molar-refractivity contribution >= 4 is 11.6 Å². The van der Waals surface area contributed by atoms with Gasteiger partial charge in [-0.25, -0.2) is 8.78 Å². The van der Waals surface area contributed by atoms with E-state index in [4.69, 9.17) is 4.52 Å².